The summed E-state index contributed by atoms with van der Waals surface area (Å²) in [5.74, 6) is -0.938. The van der Waals surface area contributed by atoms with Crippen molar-refractivity contribution in [2.75, 3.05) is 18.4 Å². The summed E-state index contributed by atoms with van der Waals surface area (Å²) in [5, 5.41) is 0.268. The van der Waals surface area contributed by atoms with Crippen molar-refractivity contribution in [1.82, 2.24) is 4.90 Å². The molecule has 8 heteroatoms. The van der Waals surface area contributed by atoms with E-state index in [1.54, 1.807) is 4.90 Å². The zero-order chi connectivity index (χ0) is 25.9. The molecule has 0 fully saturated rings. The van der Waals surface area contributed by atoms with Gasteiger partial charge in [-0.3, -0.25) is 19.3 Å². The maximum Gasteiger partial charge on any atom is 0.320 e. The molecule has 0 atom stereocenters. The molecule has 0 aliphatic rings. The average molecular weight is 531 g/mol. The minimum Gasteiger partial charge on any atom is -0.459 e. The van der Waals surface area contributed by atoms with Crippen molar-refractivity contribution in [2.24, 2.45) is 0 Å². The molecule has 1 aromatic rings. The fourth-order valence-electron chi connectivity index (χ4n) is 2.49. The normalized spacial score (nSPS) is 11.8. The molecule has 1 aromatic carbocycles. The Kier molecular flexibility index (Phi) is 12.9. The van der Waals surface area contributed by atoms with Crippen LogP contribution in [0.15, 0.2) is 30.3 Å². The Labute approximate surface area is 207 Å². The molecule has 0 saturated carbocycles. The lowest BCUT2D eigenvalue weighted by Gasteiger charge is -2.26. The Hall–Kier alpha value is -1.93. The molecular weight excluding hydrogens is 490 g/mol. The Morgan fingerprint density at radius 2 is 1.06 bits per heavy atom. The van der Waals surface area contributed by atoms with Gasteiger partial charge in [0.2, 0.25) is 0 Å². The van der Waals surface area contributed by atoms with E-state index in [9.17, 15) is 14.4 Å². The van der Waals surface area contributed by atoms with Crippen molar-refractivity contribution in [1.29, 1.82) is 0 Å². The summed E-state index contributed by atoms with van der Waals surface area (Å²) in [6.45, 7) is 17.0. The van der Waals surface area contributed by atoms with Crippen LogP contribution in [0, 0.1) is 0 Å². The molecule has 33 heavy (non-hydrogen) atoms. The van der Waals surface area contributed by atoms with E-state index in [1.807, 2.05) is 92.6 Å². The van der Waals surface area contributed by atoms with Crippen LogP contribution in [0.5, 0.6) is 0 Å². The smallest absolute Gasteiger partial charge is 0.320 e. The van der Waals surface area contributed by atoms with Crippen LogP contribution in [0.3, 0.4) is 0 Å². The highest BCUT2D eigenvalue weighted by molar-refractivity contribution is 9.09. The predicted octanol–water partition coefficient (Wildman–Crippen LogP) is 4.90. The lowest BCUT2D eigenvalue weighted by atomic mass is 10.2. The van der Waals surface area contributed by atoms with Gasteiger partial charge in [-0.1, -0.05) is 46.3 Å². The van der Waals surface area contributed by atoms with Crippen molar-refractivity contribution in [3.63, 3.8) is 0 Å². The first kappa shape index (κ1) is 31.1. The van der Waals surface area contributed by atoms with Gasteiger partial charge in [-0.2, -0.15) is 0 Å². The van der Waals surface area contributed by atoms with E-state index in [2.05, 4.69) is 15.9 Å². The number of benzene rings is 1. The molecule has 0 bridgehead atoms. The summed E-state index contributed by atoms with van der Waals surface area (Å²) < 4.78 is 15.6. The van der Waals surface area contributed by atoms with Gasteiger partial charge in [-0.15, -0.1) is 0 Å². The number of rotatable bonds is 7. The van der Waals surface area contributed by atoms with Crippen LogP contribution in [0.25, 0.3) is 0 Å². The average Bonchev–Trinajstić information content (AvgIpc) is 2.58. The number of nitrogens with zero attached hydrogens (tertiary/aromatic N) is 1. The minimum absolute atomic E-state index is 0.0331. The first-order chi connectivity index (χ1) is 14.9. The molecular formula is C25H40BrNO6. The number of hydrogen-bond donors (Lipinski definition) is 0. The molecule has 0 saturated heterocycles. The van der Waals surface area contributed by atoms with Crippen LogP contribution in [0.2, 0.25) is 0 Å². The first-order valence-corrected chi connectivity index (χ1v) is 12.0. The van der Waals surface area contributed by atoms with Crippen molar-refractivity contribution in [2.45, 2.75) is 85.7 Å². The van der Waals surface area contributed by atoms with E-state index in [0.717, 1.165) is 5.56 Å². The Balaban J connectivity index is 0.000000960. The van der Waals surface area contributed by atoms with E-state index in [4.69, 9.17) is 14.2 Å². The molecule has 0 radical (unpaired) electrons. The maximum absolute atomic E-state index is 12.1. The molecule has 0 aliphatic carbocycles. The third-order valence-electron chi connectivity index (χ3n) is 3.32. The fourth-order valence-corrected chi connectivity index (χ4v) is 2.61. The third-order valence-corrected chi connectivity index (χ3v) is 3.78. The first-order valence-electron chi connectivity index (χ1n) is 10.9. The van der Waals surface area contributed by atoms with Crippen molar-refractivity contribution < 1.29 is 28.6 Å². The summed E-state index contributed by atoms with van der Waals surface area (Å²) in [4.78, 5) is 36.5. The monoisotopic (exact) mass is 529 g/mol. The van der Waals surface area contributed by atoms with Gasteiger partial charge in [0.1, 0.15) is 22.1 Å². The summed E-state index contributed by atoms with van der Waals surface area (Å²) >= 11 is 2.99. The van der Waals surface area contributed by atoms with Gasteiger partial charge in [0, 0.05) is 6.54 Å². The van der Waals surface area contributed by atoms with E-state index in [0.29, 0.717) is 6.54 Å². The Morgan fingerprint density at radius 1 is 0.697 bits per heavy atom. The molecule has 0 amide bonds. The molecule has 188 valence electrons. The summed E-state index contributed by atoms with van der Waals surface area (Å²) in [7, 11) is 0. The lowest BCUT2D eigenvalue weighted by Crippen LogP contribution is -2.39. The zero-order valence-electron chi connectivity index (χ0n) is 21.5. The summed E-state index contributed by atoms with van der Waals surface area (Å²) in [6, 6.07) is 9.69. The van der Waals surface area contributed by atoms with Crippen molar-refractivity contribution >= 4 is 33.8 Å². The van der Waals surface area contributed by atoms with Crippen molar-refractivity contribution in [3.05, 3.63) is 35.9 Å². The highest BCUT2D eigenvalue weighted by Crippen LogP contribution is 2.12. The highest BCUT2D eigenvalue weighted by Gasteiger charge is 2.23. The number of esters is 3. The van der Waals surface area contributed by atoms with E-state index >= 15 is 0 Å². The molecule has 0 heterocycles. The second-order valence-corrected chi connectivity index (χ2v) is 11.1. The molecule has 0 spiro atoms. The van der Waals surface area contributed by atoms with Crippen LogP contribution in [0.1, 0.15) is 67.9 Å². The number of carbonyl (C=O) groups excluding carboxylic acids is 3. The summed E-state index contributed by atoms with van der Waals surface area (Å²) in [5.41, 5.74) is -0.446. The lowest BCUT2D eigenvalue weighted by molar-refractivity contribution is -0.160. The van der Waals surface area contributed by atoms with E-state index < -0.39 is 11.2 Å². The van der Waals surface area contributed by atoms with Crippen molar-refractivity contribution in [3.8, 4) is 0 Å². The van der Waals surface area contributed by atoms with Gasteiger partial charge < -0.3 is 14.2 Å². The van der Waals surface area contributed by atoms with Crippen LogP contribution in [0.4, 0.5) is 0 Å². The maximum atomic E-state index is 12.1. The van der Waals surface area contributed by atoms with Gasteiger partial charge in [0.05, 0.1) is 13.1 Å². The quantitative estimate of drug-likeness (QED) is 0.282. The molecule has 0 aliphatic heterocycles. The molecule has 0 N–H and O–H groups in total. The SMILES string of the molecule is CC(C)(C)OC(=O)CBr.CC(C)(C)OC(=O)CN(CC(=O)OC(C)(C)C)Cc1ccccc1. The second-order valence-electron chi connectivity index (χ2n) is 10.5. The molecule has 7 nitrogen and oxygen atoms in total. The number of ether oxygens (including phenoxy) is 3. The van der Waals surface area contributed by atoms with Gasteiger partial charge in [0.25, 0.3) is 0 Å². The van der Waals surface area contributed by atoms with Crippen LogP contribution in [-0.2, 0) is 35.1 Å². The fraction of sp³-hybridized carbons (Fsp3) is 0.640. The van der Waals surface area contributed by atoms with Crippen LogP contribution < -0.4 is 0 Å². The highest BCUT2D eigenvalue weighted by atomic mass is 79.9. The standard InChI is InChI=1S/C19H29NO4.C6H11BrO2/c1-18(2,3)23-16(21)13-20(12-15-10-8-7-9-11-15)14-17(22)24-19(4,5)6;1-6(2,3)9-5(8)4-7/h7-11H,12-14H2,1-6H3;4H2,1-3H3. The van der Waals surface area contributed by atoms with Gasteiger partial charge in [-0.25, -0.2) is 0 Å². The van der Waals surface area contributed by atoms with Gasteiger partial charge in [0.15, 0.2) is 0 Å². The Bertz CT molecular complexity index is 715. The number of alkyl halides is 1. The van der Waals surface area contributed by atoms with E-state index in [1.165, 1.54) is 0 Å². The van der Waals surface area contributed by atoms with Gasteiger partial charge in [-0.05, 0) is 67.9 Å². The van der Waals surface area contributed by atoms with Gasteiger partial charge >= 0.3 is 17.9 Å². The summed E-state index contributed by atoms with van der Waals surface area (Å²) in [6.07, 6.45) is 0. The van der Waals surface area contributed by atoms with Crippen LogP contribution in [-0.4, -0.2) is 58.0 Å². The zero-order valence-corrected chi connectivity index (χ0v) is 23.1. The van der Waals surface area contributed by atoms with E-state index in [-0.39, 0.29) is 41.9 Å². The molecule has 0 aromatic heterocycles. The third kappa shape index (κ3) is 19.3. The molecule has 1 rings (SSSR count). The number of halogens is 1. The molecule has 0 unspecified atom stereocenters. The largest absolute Gasteiger partial charge is 0.459 e. The predicted molar refractivity (Wildman–Crippen MR) is 133 cm³/mol. The number of carbonyl (C=O) groups is 3. The Morgan fingerprint density at radius 3 is 1.36 bits per heavy atom. The number of hydrogen-bond acceptors (Lipinski definition) is 7. The topological polar surface area (TPSA) is 82.1 Å². The van der Waals surface area contributed by atoms with Crippen LogP contribution >= 0.6 is 15.9 Å². The second kappa shape index (κ2) is 13.7. The minimum atomic E-state index is -0.554.